The second-order valence-corrected chi connectivity index (χ2v) is 6.96. The average Bonchev–Trinajstić information content (AvgIpc) is 2.52. The Morgan fingerprint density at radius 3 is 2.21 bits per heavy atom. The first kappa shape index (κ1) is 20.4. The van der Waals surface area contributed by atoms with E-state index in [1.807, 2.05) is 0 Å². The summed E-state index contributed by atoms with van der Waals surface area (Å²) in [6.07, 6.45) is -0.349. The zero-order chi connectivity index (χ0) is 18.3. The Kier molecular flexibility index (Phi) is 7.69. The minimum atomic E-state index is -3.95. The maximum absolute atomic E-state index is 12.8. The van der Waals surface area contributed by atoms with E-state index in [9.17, 15) is 19.9 Å². The molecule has 0 amide bonds. The van der Waals surface area contributed by atoms with Crippen molar-refractivity contribution in [1.82, 2.24) is 0 Å². The summed E-state index contributed by atoms with van der Waals surface area (Å²) in [5.74, 6) is -1.41. The summed E-state index contributed by atoms with van der Waals surface area (Å²) in [5.41, 5.74) is -1.45. The molecular weight excluding hydrogens is 339 g/mol. The van der Waals surface area contributed by atoms with Gasteiger partial charge in [0.1, 0.15) is 11.5 Å². The molecule has 1 unspecified atom stereocenters. The molecule has 0 aliphatic carbocycles. The molecule has 1 atom stereocenters. The number of benzene rings is 1. The third-order valence-corrected chi connectivity index (χ3v) is 5.68. The van der Waals surface area contributed by atoms with Crippen LogP contribution in [0.1, 0.15) is 19.4 Å². The highest BCUT2D eigenvalue weighted by atomic mass is 31.2. The third-order valence-electron chi connectivity index (χ3n) is 3.28. The lowest BCUT2D eigenvalue weighted by atomic mass is 10.1. The van der Waals surface area contributed by atoms with Crippen LogP contribution in [0.15, 0.2) is 12.1 Å². The lowest BCUT2D eigenvalue weighted by Gasteiger charge is -2.32. The average molecular weight is 361 g/mol. The van der Waals surface area contributed by atoms with Crippen LogP contribution in [-0.2, 0) is 20.3 Å². The first-order valence-corrected chi connectivity index (χ1v) is 8.97. The largest absolute Gasteiger partial charge is 0.872 e. The molecule has 1 aromatic rings. The molecule has 1 aromatic carbocycles. The van der Waals surface area contributed by atoms with Gasteiger partial charge in [-0.2, -0.15) is 0 Å². The van der Waals surface area contributed by atoms with E-state index in [0.29, 0.717) is 0 Å². The van der Waals surface area contributed by atoms with Crippen molar-refractivity contribution in [2.45, 2.75) is 25.9 Å². The summed E-state index contributed by atoms with van der Waals surface area (Å²) in [6, 6.07) is 2.67. The topological polar surface area (TPSA) is 120 Å². The smallest absolute Gasteiger partial charge is 0.350 e. The van der Waals surface area contributed by atoms with Crippen molar-refractivity contribution in [3.8, 4) is 17.2 Å². The molecule has 136 valence electrons. The van der Waals surface area contributed by atoms with E-state index in [1.165, 1.54) is 26.4 Å². The molecule has 8 nitrogen and oxygen atoms in total. The second-order valence-electron chi connectivity index (χ2n) is 4.74. The fourth-order valence-electron chi connectivity index (χ4n) is 2.20. The minimum Gasteiger partial charge on any atom is -0.872 e. The zero-order valence-corrected chi connectivity index (χ0v) is 15.0. The monoisotopic (exact) mass is 361 g/mol. The van der Waals surface area contributed by atoms with Crippen LogP contribution in [0, 0.1) is 0 Å². The Morgan fingerprint density at radius 1 is 1.21 bits per heavy atom. The predicted molar refractivity (Wildman–Crippen MR) is 84.3 cm³/mol. The first-order chi connectivity index (χ1) is 11.3. The summed E-state index contributed by atoms with van der Waals surface area (Å²) in [4.78, 5) is 24.4. The normalized spacial score (nSPS) is 12.7. The van der Waals surface area contributed by atoms with Gasteiger partial charge < -0.3 is 24.6 Å². The summed E-state index contributed by atoms with van der Waals surface area (Å²) < 4.78 is 20.3. The molecule has 0 aliphatic rings. The third kappa shape index (κ3) is 4.70. The molecule has 0 radical (unpaired) electrons. The Bertz CT molecular complexity index is 557. The van der Waals surface area contributed by atoms with Crippen LogP contribution >= 0.6 is 7.94 Å². The lowest BCUT2D eigenvalue weighted by molar-refractivity contribution is -0.269. The molecule has 1 N–H and O–H groups in total. The number of carbonyl (C=O) groups is 1. The quantitative estimate of drug-likeness (QED) is 0.612. The highest BCUT2D eigenvalue weighted by Crippen LogP contribution is 2.58. The Balaban J connectivity index is 3.28. The molecule has 0 saturated carbocycles. The zero-order valence-electron chi connectivity index (χ0n) is 14.1. The highest BCUT2D eigenvalue weighted by molar-refractivity contribution is 7.61. The minimum absolute atomic E-state index is 0.0189. The van der Waals surface area contributed by atoms with Crippen molar-refractivity contribution >= 4 is 13.9 Å². The van der Waals surface area contributed by atoms with Crippen LogP contribution in [0.2, 0.25) is 0 Å². The second kappa shape index (κ2) is 9.03. The summed E-state index contributed by atoms with van der Waals surface area (Å²) in [6.45, 7) is 3.20. The number of rotatable bonds is 10. The van der Waals surface area contributed by atoms with Gasteiger partial charge >= 0.3 is 5.97 Å². The van der Waals surface area contributed by atoms with Crippen molar-refractivity contribution in [1.29, 1.82) is 0 Å². The number of hydrogen-bond donors (Lipinski definition) is 1. The number of methoxy groups -OCH3 is 2. The molecule has 9 heteroatoms. The molecular formula is C15H22O8P-. The molecule has 24 heavy (non-hydrogen) atoms. The summed E-state index contributed by atoms with van der Waals surface area (Å²) in [5, 5.41) is 21.7. The van der Waals surface area contributed by atoms with Gasteiger partial charge in [-0.1, -0.05) is 5.75 Å². The van der Waals surface area contributed by atoms with E-state index in [-0.39, 0.29) is 36.7 Å². The van der Waals surface area contributed by atoms with E-state index in [4.69, 9.17) is 18.5 Å². The predicted octanol–water partition coefficient (Wildman–Crippen LogP) is 0.969. The molecule has 0 heterocycles. The van der Waals surface area contributed by atoms with E-state index < -0.39 is 25.3 Å². The van der Waals surface area contributed by atoms with Gasteiger partial charge in [0.15, 0.2) is 0 Å². The maximum atomic E-state index is 12.8. The first-order valence-electron chi connectivity index (χ1n) is 7.36. The van der Waals surface area contributed by atoms with Gasteiger partial charge in [-0.15, -0.1) is 0 Å². The molecule has 0 bridgehead atoms. The van der Waals surface area contributed by atoms with Gasteiger partial charge in [-0.05, 0) is 25.5 Å². The molecule has 1 rings (SSSR count). The van der Waals surface area contributed by atoms with Gasteiger partial charge in [0.2, 0.25) is 5.66 Å². The molecule has 0 aromatic heterocycles. The summed E-state index contributed by atoms with van der Waals surface area (Å²) >= 11 is 0. The SMILES string of the molecule is CCO[P+]([O-])(OCC)C(Cc1c([O-])cc(OC)cc1OC)C(=O)O. The van der Waals surface area contributed by atoms with Gasteiger partial charge in [0.05, 0.1) is 27.4 Å². The fraction of sp³-hybridized carbons (Fsp3) is 0.533. The van der Waals surface area contributed by atoms with Crippen molar-refractivity contribution < 1.29 is 38.4 Å². The Hall–Kier alpha value is -1.60. The van der Waals surface area contributed by atoms with Crippen LogP contribution < -0.4 is 19.5 Å². The van der Waals surface area contributed by atoms with E-state index in [0.717, 1.165) is 0 Å². The highest BCUT2D eigenvalue weighted by Gasteiger charge is 2.46. The van der Waals surface area contributed by atoms with Crippen molar-refractivity contribution in [3.05, 3.63) is 17.7 Å². The van der Waals surface area contributed by atoms with E-state index >= 15 is 0 Å². The molecule has 0 aliphatic heterocycles. The van der Waals surface area contributed by atoms with Gasteiger partial charge in [0, 0.05) is 12.5 Å². The van der Waals surface area contributed by atoms with Gasteiger partial charge in [-0.3, -0.25) is 0 Å². The van der Waals surface area contributed by atoms with Crippen LogP contribution in [0.4, 0.5) is 0 Å². The fourth-order valence-corrected chi connectivity index (χ4v) is 4.03. The number of hydrogen-bond acceptors (Lipinski definition) is 7. The van der Waals surface area contributed by atoms with Gasteiger partial charge in [0.25, 0.3) is 7.94 Å². The Morgan fingerprint density at radius 2 is 1.79 bits per heavy atom. The van der Waals surface area contributed by atoms with Crippen molar-refractivity contribution in [3.63, 3.8) is 0 Å². The lowest BCUT2D eigenvalue weighted by Crippen LogP contribution is -2.35. The molecule has 0 spiro atoms. The standard InChI is InChI=1S/C15H23O8P/c1-5-22-24(19,23-6-2)14(15(17)18)9-11-12(16)7-10(20-3)8-13(11)21-4/h7-8,14,16H,5-6,9H2,1-4H3,(H,17,18)/p-1. The summed E-state index contributed by atoms with van der Waals surface area (Å²) in [7, 11) is -1.20. The van der Waals surface area contributed by atoms with Crippen LogP contribution in [0.5, 0.6) is 17.2 Å². The van der Waals surface area contributed by atoms with Crippen molar-refractivity contribution in [2.24, 2.45) is 0 Å². The van der Waals surface area contributed by atoms with Crippen LogP contribution in [0.3, 0.4) is 0 Å². The van der Waals surface area contributed by atoms with Gasteiger partial charge in [-0.25, -0.2) is 13.8 Å². The van der Waals surface area contributed by atoms with Crippen LogP contribution in [0.25, 0.3) is 0 Å². The Labute approximate surface area is 141 Å². The van der Waals surface area contributed by atoms with E-state index in [1.54, 1.807) is 13.8 Å². The van der Waals surface area contributed by atoms with Crippen molar-refractivity contribution in [2.75, 3.05) is 27.4 Å². The maximum Gasteiger partial charge on any atom is 0.350 e. The van der Waals surface area contributed by atoms with Crippen LogP contribution in [-0.4, -0.2) is 44.2 Å². The van der Waals surface area contributed by atoms with E-state index in [2.05, 4.69) is 0 Å². The molecule has 0 fully saturated rings. The number of carboxylic acid groups (broad SMARTS) is 1. The number of ether oxygens (including phenoxy) is 2. The number of carboxylic acids is 1. The molecule has 0 saturated heterocycles. The number of aliphatic carboxylic acids is 1.